The van der Waals surface area contributed by atoms with E-state index in [0.29, 0.717) is 0 Å². The van der Waals surface area contributed by atoms with Crippen molar-refractivity contribution in [2.75, 3.05) is 13.2 Å². The highest BCUT2D eigenvalue weighted by Gasteiger charge is 2.44. The summed E-state index contributed by atoms with van der Waals surface area (Å²) in [5.74, 6) is 0. The molecule has 1 nitrogen and oxygen atoms in total. The zero-order valence-electron chi connectivity index (χ0n) is 20.8. The van der Waals surface area contributed by atoms with E-state index in [0.717, 1.165) is 19.6 Å². The van der Waals surface area contributed by atoms with Crippen molar-refractivity contribution in [1.29, 1.82) is 0 Å². The van der Waals surface area contributed by atoms with Crippen molar-refractivity contribution in [3.8, 4) is 0 Å². The summed E-state index contributed by atoms with van der Waals surface area (Å²) in [6.07, 6.45) is 12.7. The number of ether oxygens (including phenoxy) is 1. The van der Waals surface area contributed by atoms with E-state index >= 15 is 0 Å². The minimum absolute atomic E-state index is 0.934. The lowest BCUT2D eigenvalue weighted by Gasteiger charge is -2.19. The fourth-order valence-corrected chi connectivity index (χ4v) is 7.98. The van der Waals surface area contributed by atoms with Gasteiger partial charge in [0.2, 0.25) is 6.62 Å². The van der Waals surface area contributed by atoms with Crippen molar-refractivity contribution in [3.63, 3.8) is 0 Å². The van der Waals surface area contributed by atoms with E-state index in [1.54, 1.807) is 0 Å². The maximum absolute atomic E-state index is 7.50. The van der Waals surface area contributed by atoms with Crippen LogP contribution in [-0.2, 0) is 11.2 Å². The molecule has 0 amide bonds. The number of rotatable bonds is 16. The number of benzene rings is 3. The molecule has 0 saturated heterocycles. The third kappa shape index (κ3) is 8.23. The normalized spacial score (nSPS) is 11.6. The first-order chi connectivity index (χ1) is 16.7. The van der Waals surface area contributed by atoms with Gasteiger partial charge in [0.25, 0.3) is 0 Å². The number of hydrogen-bond donors (Lipinski definition) is 0. The number of unbranched alkanes of at least 4 members (excludes halogenated alkanes) is 7. The van der Waals surface area contributed by atoms with Gasteiger partial charge in [-0.3, -0.25) is 0 Å². The molecule has 3 aromatic carbocycles. The van der Waals surface area contributed by atoms with Crippen LogP contribution in [0.3, 0.4) is 0 Å². The number of aryl methyl sites for hydroxylation is 1. The van der Waals surface area contributed by atoms with Crippen LogP contribution >= 0.6 is 17.9 Å². The fourth-order valence-electron chi connectivity index (χ4n) is 4.35. The standard InChI is InChI=1S/C31H41ClOP/c1-2-3-26-33-27-16-8-6-4-5-7-11-17-28-22-24-31(25-23-28)34(32,29-18-12-9-13-19-29)30-20-14-10-15-21-30/h9-10,12-15,18-25H,2-8,11,16-17,26-27H2,1H3/q+1. The van der Waals surface area contributed by atoms with Gasteiger partial charge < -0.3 is 4.74 Å². The second-order valence-corrected chi connectivity index (χ2v) is 13.4. The van der Waals surface area contributed by atoms with Gasteiger partial charge in [-0.05, 0) is 67.6 Å². The zero-order valence-corrected chi connectivity index (χ0v) is 22.5. The molecule has 0 bridgehead atoms. The summed E-state index contributed by atoms with van der Waals surface area (Å²) < 4.78 is 5.64. The van der Waals surface area contributed by atoms with Gasteiger partial charge in [-0.15, -0.1) is 0 Å². The van der Waals surface area contributed by atoms with Crippen LogP contribution in [0.4, 0.5) is 0 Å². The van der Waals surface area contributed by atoms with Crippen molar-refractivity contribution in [3.05, 3.63) is 90.5 Å². The van der Waals surface area contributed by atoms with Crippen LogP contribution in [0.1, 0.15) is 70.3 Å². The highest BCUT2D eigenvalue weighted by Crippen LogP contribution is 2.60. The SMILES string of the molecule is CCCCOCCCCCCCCCc1ccc([P+](Cl)(c2ccccc2)c2ccccc2)cc1. The molecular weight excluding hydrogens is 455 g/mol. The predicted octanol–water partition coefficient (Wildman–Crippen LogP) is 8.22. The highest BCUT2D eigenvalue weighted by atomic mass is 35.7. The second kappa shape index (κ2) is 15.4. The minimum atomic E-state index is -2.14. The summed E-state index contributed by atoms with van der Waals surface area (Å²) in [5, 5.41) is 3.65. The van der Waals surface area contributed by atoms with E-state index in [1.165, 1.54) is 79.3 Å². The van der Waals surface area contributed by atoms with Gasteiger partial charge in [0.15, 0.2) is 0 Å². The van der Waals surface area contributed by atoms with Gasteiger partial charge in [0.1, 0.15) is 27.2 Å². The summed E-state index contributed by atoms with van der Waals surface area (Å²) in [4.78, 5) is 0. The average Bonchev–Trinajstić information content (AvgIpc) is 2.90. The molecule has 182 valence electrons. The van der Waals surface area contributed by atoms with Gasteiger partial charge >= 0.3 is 0 Å². The summed E-state index contributed by atoms with van der Waals surface area (Å²) in [6.45, 7) is 1.94. The van der Waals surface area contributed by atoms with Crippen LogP contribution in [0.5, 0.6) is 0 Å². The van der Waals surface area contributed by atoms with E-state index in [4.69, 9.17) is 16.0 Å². The van der Waals surface area contributed by atoms with Gasteiger partial charge in [-0.25, -0.2) is 0 Å². The Morgan fingerprint density at radius 3 is 1.59 bits per heavy atom. The van der Waals surface area contributed by atoms with Crippen molar-refractivity contribution in [1.82, 2.24) is 0 Å². The molecule has 0 aliphatic carbocycles. The smallest absolute Gasteiger partial charge is 0.210 e. The van der Waals surface area contributed by atoms with E-state index in [9.17, 15) is 0 Å². The van der Waals surface area contributed by atoms with Crippen molar-refractivity contribution in [2.24, 2.45) is 0 Å². The first kappa shape index (κ1) is 26.9. The molecule has 0 N–H and O–H groups in total. The van der Waals surface area contributed by atoms with Crippen LogP contribution < -0.4 is 15.9 Å². The Morgan fingerprint density at radius 1 is 0.559 bits per heavy atom. The Morgan fingerprint density at radius 2 is 1.03 bits per heavy atom. The van der Waals surface area contributed by atoms with E-state index in [1.807, 2.05) is 0 Å². The van der Waals surface area contributed by atoms with Crippen LogP contribution in [0.2, 0.25) is 0 Å². The molecule has 0 spiro atoms. The molecule has 0 aromatic heterocycles. The lowest BCUT2D eigenvalue weighted by Crippen LogP contribution is -2.27. The molecule has 0 radical (unpaired) electrons. The molecule has 3 rings (SSSR count). The van der Waals surface area contributed by atoms with Crippen LogP contribution in [0, 0.1) is 0 Å². The molecule has 0 unspecified atom stereocenters. The highest BCUT2D eigenvalue weighted by molar-refractivity contribution is 8.14. The monoisotopic (exact) mass is 495 g/mol. The summed E-state index contributed by atoms with van der Waals surface area (Å²) in [5.41, 5.74) is 1.41. The van der Waals surface area contributed by atoms with E-state index in [2.05, 4.69) is 91.9 Å². The Kier molecular flexibility index (Phi) is 12.2. The maximum Gasteiger partial charge on any atom is 0.210 e. The molecule has 0 aliphatic heterocycles. The Hall–Kier alpha value is -1.66. The van der Waals surface area contributed by atoms with Crippen molar-refractivity contribution >= 4 is 33.8 Å². The van der Waals surface area contributed by atoms with E-state index in [-0.39, 0.29) is 0 Å². The first-order valence-corrected chi connectivity index (χ1v) is 15.8. The maximum atomic E-state index is 7.50. The Labute approximate surface area is 213 Å². The molecule has 0 fully saturated rings. The summed E-state index contributed by atoms with van der Waals surface area (Å²) in [7, 11) is 0. The second-order valence-electron chi connectivity index (χ2n) is 9.12. The lowest BCUT2D eigenvalue weighted by atomic mass is 10.0. The molecule has 0 atom stereocenters. The van der Waals surface area contributed by atoms with Crippen molar-refractivity contribution in [2.45, 2.75) is 71.1 Å². The molecule has 0 heterocycles. The predicted molar refractivity (Wildman–Crippen MR) is 153 cm³/mol. The van der Waals surface area contributed by atoms with Gasteiger partial charge in [0, 0.05) is 13.2 Å². The van der Waals surface area contributed by atoms with Gasteiger partial charge in [0.05, 0.1) is 0 Å². The van der Waals surface area contributed by atoms with Crippen LogP contribution in [-0.4, -0.2) is 13.2 Å². The lowest BCUT2D eigenvalue weighted by molar-refractivity contribution is 0.127. The Balaban J connectivity index is 1.44. The largest absolute Gasteiger partial charge is 0.381 e. The average molecular weight is 496 g/mol. The zero-order chi connectivity index (χ0) is 23.9. The van der Waals surface area contributed by atoms with E-state index < -0.39 is 6.62 Å². The summed E-state index contributed by atoms with van der Waals surface area (Å²) >= 11 is 7.50. The molecule has 34 heavy (non-hydrogen) atoms. The molecule has 3 heteroatoms. The third-order valence-corrected chi connectivity index (χ3v) is 11.2. The number of halogens is 1. The molecular formula is C31H41ClOP+. The van der Waals surface area contributed by atoms with Gasteiger partial charge in [-0.1, -0.05) is 94.0 Å². The molecule has 0 aliphatic rings. The first-order valence-electron chi connectivity index (χ1n) is 13.1. The number of hydrogen-bond acceptors (Lipinski definition) is 1. The summed E-state index contributed by atoms with van der Waals surface area (Å²) in [6, 6.07) is 30.2. The minimum Gasteiger partial charge on any atom is -0.381 e. The molecule has 3 aromatic rings. The van der Waals surface area contributed by atoms with Crippen molar-refractivity contribution < 1.29 is 4.74 Å². The van der Waals surface area contributed by atoms with Gasteiger partial charge in [-0.2, -0.15) is 0 Å². The quantitative estimate of drug-likeness (QED) is 0.144. The van der Waals surface area contributed by atoms with Crippen LogP contribution in [0.25, 0.3) is 0 Å². The third-order valence-electron chi connectivity index (χ3n) is 6.41. The topological polar surface area (TPSA) is 9.23 Å². The van der Waals surface area contributed by atoms with Crippen LogP contribution in [0.15, 0.2) is 84.9 Å². The fraction of sp³-hybridized carbons (Fsp3) is 0.419. The molecule has 0 saturated carbocycles. The Bertz CT molecular complexity index is 872.